The van der Waals surface area contributed by atoms with Crippen molar-refractivity contribution in [2.75, 3.05) is 17.7 Å². The minimum atomic E-state index is -0.531. The molecule has 0 aliphatic heterocycles. The highest BCUT2D eigenvalue weighted by atomic mass is 32.2. The molecule has 0 aromatic heterocycles. The maximum atomic E-state index is 12.1. The van der Waals surface area contributed by atoms with E-state index in [2.05, 4.69) is 12.2 Å². The quantitative estimate of drug-likeness (QED) is 0.805. The van der Waals surface area contributed by atoms with Gasteiger partial charge in [-0.1, -0.05) is 13.3 Å². The lowest BCUT2D eigenvalue weighted by Gasteiger charge is -2.38. The van der Waals surface area contributed by atoms with Crippen LogP contribution in [0.4, 0.5) is 5.69 Å². The summed E-state index contributed by atoms with van der Waals surface area (Å²) in [5, 5.41) is 12.2. The van der Waals surface area contributed by atoms with Gasteiger partial charge in [-0.3, -0.25) is 4.79 Å². The third-order valence-electron chi connectivity index (χ3n) is 3.52. The predicted octanol–water partition coefficient (Wildman–Crippen LogP) is 2.90. The molecule has 1 aromatic carbocycles. The minimum Gasteiger partial charge on any atom is -0.395 e. The van der Waals surface area contributed by atoms with Crippen LogP contribution in [-0.2, 0) is 4.79 Å². The van der Waals surface area contributed by atoms with E-state index in [0.29, 0.717) is 0 Å². The van der Waals surface area contributed by atoms with Gasteiger partial charge in [-0.05, 0) is 42.9 Å². The number of nitrogens with one attached hydrogen (secondary N) is 1. The number of anilines is 1. The van der Waals surface area contributed by atoms with Crippen LogP contribution in [0.2, 0.25) is 0 Å². The lowest BCUT2D eigenvalue weighted by molar-refractivity contribution is -0.133. The average Bonchev–Trinajstić information content (AvgIpc) is 2.31. The summed E-state index contributed by atoms with van der Waals surface area (Å²) in [6, 6.07) is 7.85. The Morgan fingerprint density at radius 2 is 2.06 bits per heavy atom. The molecule has 1 aliphatic rings. The molecule has 0 saturated heterocycles. The van der Waals surface area contributed by atoms with Gasteiger partial charge in [0.15, 0.2) is 0 Å². The molecule has 0 radical (unpaired) electrons. The fraction of sp³-hybridized carbons (Fsp3) is 0.500. The van der Waals surface area contributed by atoms with Crippen molar-refractivity contribution in [2.45, 2.75) is 31.1 Å². The summed E-state index contributed by atoms with van der Waals surface area (Å²) in [4.78, 5) is 13.3. The van der Waals surface area contributed by atoms with Gasteiger partial charge in [-0.2, -0.15) is 0 Å². The fourth-order valence-electron chi connectivity index (χ4n) is 2.13. The Labute approximate surface area is 112 Å². The molecular formula is C14H19NO2S. The lowest BCUT2D eigenvalue weighted by Crippen LogP contribution is -2.44. The zero-order valence-electron chi connectivity index (χ0n) is 10.6. The molecule has 0 atom stereocenters. The Balaban J connectivity index is 1.98. The highest BCUT2D eigenvalue weighted by Gasteiger charge is 2.43. The van der Waals surface area contributed by atoms with E-state index in [1.165, 1.54) is 4.90 Å². The maximum absolute atomic E-state index is 12.1. The lowest BCUT2D eigenvalue weighted by atomic mass is 9.68. The molecule has 0 bridgehead atoms. The van der Waals surface area contributed by atoms with E-state index in [4.69, 9.17) is 0 Å². The molecule has 2 rings (SSSR count). The van der Waals surface area contributed by atoms with Crippen molar-refractivity contribution in [1.29, 1.82) is 0 Å². The van der Waals surface area contributed by atoms with Crippen molar-refractivity contribution >= 4 is 23.4 Å². The zero-order chi connectivity index (χ0) is 13.0. The molecule has 98 valence electrons. The second-order valence-corrected chi connectivity index (χ2v) is 6.04. The van der Waals surface area contributed by atoms with E-state index in [-0.39, 0.29) is 12.5 Å². The summed E-state index contributed by atoms with van der Waals surface area (Å²) in [6.45, 7) is 2.06. The van der Waals surface area contributed by atoms with Crippen LogP contribution in [0.1, 0.15) is 26.2 Å². The number of amides is 1. The number of hydrogen-bond donors (Lipinski definition) is 2. The van der Waals surface area contributed by atoms with Gasteiger partial charge in [0.1, 0.15) is 0 Å². The van der Waals surface area contributed by atoms with Gasteiger partial charge in [0, 0.05) is 10.6 Å². The van der Waals surface area contributed by atoms with Crippen LogP contribution >= 0.6 is 11.8 Å². The summed E-state index contributed by atoms with van der Waals surface area (Å²) in [5.41, 5.74) is 0.275. The van der Waals surface area contributed by atoms with Crippen molar-refractivity contribution in [3.05, 3.63) is 24.3 Å². The van der Waals surface area contributed by atoms with Gasteiger partial charge in [0.05, 0.1) is 12.0 Å². The molecular weight excluding hydrogens is 246 g/mol. The van der Waals surface area contributed by atoms with E-state index in [0.717, 1.165) is 30.7 Å². The van der Waals surface area contributed by atoms with E-state index in [9.17, 15) is 9.90 Å². The normalized spacial score (nSPS) is 17.0. The largest absolute Gasteiger partial charge is 0.395 e. The molecule has 0 heterocycles. The monoisotopic (exact) mass is 265 g/mol. The van der Waals surface area contributed by atoms with Crippen LogP contribution < -0.4 is 5.32 Å². The molecule has 1 aliphatic carbocycles. The summed E-state index contributed by atoms with van der Waals surface area (Å²) < 4.78 is 0. The van der Waals surface area contributed by atoms with Crippen LogP contribution in [0.15, 0.2) is 29.2 Å². The number of aliphatic hydroxyl groups excluding tert-OH is 1. The Morgan fingerprint density at radius 3 is 2.50 bits per heavy atom. The van der Waals surface area contributed by atoms with Gasteiger partial charge in [-0.25, -0.2) is 0 Å². The van der Waals surface area contributed by atoms with Gasteiger partial charge in [-0.15, -0.1) is 11.8 Å². The average molecular weight is 265 g/mol. The first-order valence-electron chi connectivity index (χ1n) is 6.35. The van der Waals surface area contributed by atoms with Crippen LogP contribution in [0, 0.1) is 5.41 Å². The summed E-state index contributed by atoms with van der Waals surface area (Å²) in [7, 11) is 0. The van der Waals surface area contributed by atoms with E-state index in [1.54, 1.807) is 11.8 Å². The molecule has 0 spiro atoms. The Bertz CT molecular complexity index is 407. The molecule has 1 fully saturated rings. The number of carbonyl (C=O) groups excluding carboxylic acids is 1. The van der Waals surface area contributed by atoms with Crippen LogP contribution in [0.25, 0.3) is 0 Å². The van der Waals surface area contributed by atoms with Gasteiger partial charge in [0.2, 0.25) is 5.91 Å². The number of aliphatic hydroxyl groups is 1. The molecule has 3 nitrogen and oxygen atoms in total. The SMILES string of the molecule is CCSc1ccc(NC(=O)C2(CO)CCC2)cc1. The van der Waals surface area contributed by atoms with Crippen LogP contribution in [0.3, 0.4) is 0 Å². The Morgan fingerprint density at radius 1 is 1.39 bits per heavy atom. The summed E-state index contributed by atoms with van der Waals surface area (Å²) >= 11 is 1.78. The van der Waals surface area contributed by atoms with Crippen molar-refractivity contribution in [2.24, 2.45) is 5.41 Å². The highest BCUT2D eigenvalue weighted by molar-refractivity contribution is 7.99. The van der Waals surface area contributed by atoms with E-state index in [1.807, 2.05) is 24.3 Å². The number of benzene rings is 1. The first-order valence-corrected chi connectivity index (χ1v) is 7.34. The van der Waals surface area contributed by atoms with Crippen molar-refractivity contribution < 1.29 is 9.90 Å². The molecule has 1 saturated carbocycles. The number of rotatable bonds is 5. The predicted molar refractivity (Wildman–Crippen MR) is 74.8 cm³/mol. The Kier molecular flexibility index (Phi) is 4.30. The third kappa shape index (κ3) is 2.70. The molecule has 1 aromatic rings. The summed E-state index contributed by atoms with van der Waals surface area (Å²) in [5.74, 6) is 0.992. The summed E-state index contributed by atoms with van der Waals surface area (Å²) in [6.07, 6.45) is 2.61. The van der Waals surface area contributed by atoms with E-state index >= 15 is 0 Å². The van der Waals surface area contributed by atoms with Crippen molar-refractivity contribution in [1.82, 2.24) is 0 Å². The molecule has 18 heavy (non-hydrogen) atoms. The minimum absolute atomic E-state index is 0.0489. The Hall–Kier alpha value is -1.00. The van der Waals surface area contributed by atoms with E-state index < -0.39 is 5.41 Å². The smallest absolute Gasteiger partial charge is 0.232 e. The number of thioether (sulfide) groups is 1. The third-order valence-corrected chi connectivity index (χ3v) is 4.41. The fourth-order valence-corrected chi connectivity index (χ4v) is 2.79. The number of hydrogen-bond acceptors (Lipinski definition) is 3. The van der Waals surface area contributed by atoms with Gasteiger partial charge >= 0.3 is 0 Å². The van der Waals surface area contributed by atoms with Crippen molar-refractivity contribution in [3.8, 4) is 0 Å². The van der Waals surface area contributed by atoms with Crippen LogP contribution in [0.5, 0.6) is 0 Å². The number of carbonyl (C=O) groups is 1. The topological polar surface area (TPSA) is 49.3 Å². The van der Waals surface area contributed by atoms with Gasteiger partial charge < -0.3 is 10.4 Å². The molecule has 0 unspecified atom stereocenters. The molecule has 2 N–H and O–H groups in total. The second-order valence-electron chi connectivity index (χ2n) is 4.70. The molecule has 1 amide bonds. The standard InChI is InChI=1S/C14H19NO2S/c1-2-18-12-6-4-11(5-7-12)15-13(17)14(10-16)8-3-9-14/h4-7,16H,2-3,8-10H2,1H3,(H,15,17). The van der Waals surface area contributed by atoms with Crippen molar-refractivity contribution in [3.63, 3.8) is 0 Å². The van der Waals surface area contributed by atoms with Crippen LogP contribution in [-0.4, -0.2) is 23.4 Å². The second kappa shape index (κ2) is 5.76. The zero-order valence-corrected chi connectivity index (χ0v) is 11.4. The highest BCUT2D eigenvalue weighted by Crippen LogP contribution is 2.41. The molecule has 4 heteroatoms. The first-order chi connectivity index (χ1) is 8.70. The first kappa shape index (κ1) is 13.4. The maximum Gasteiger partial charge on any atom is 0.232 e. The van der Waals surface area contributed by atoms with Gasteiger partial charge in [0.25, 0.3) is 0 Å².